The summed E-state index contributed by atoms with van der Waals surface area (Å²) in [6.07, 6.45) is 2.18. The number of carbonyl (C=O) groups is 1. The van der Waals surface area contributed by atoms with E-state index in [1.165, 1.54) is 0 Å². The Labute approximate surface area is 113 Å². The van der Waals surface area contributed by atoms with E-state index in [9.17, 15) is 4.79 Å². The Morgan fingerprint density at radius 3 is 2.74 bits per heavy atom. The first-order valence-electron chi connectivity index (χ1n) is 6.78. The Balaban J connectivity index is 2.59. The second-order valence-corrected chi connectivity index (χ2v) is 5.14. The molecule has 0 aliphatic rings. The number of aryl methyl sites for hydroxylation is 1. The van der Waals surface area contributed by atoms with Gasteiger partial charge in [-0.25, -0.2) is 9.78 Å². The third-order valence-electron chi connectivity index (χ3n) is 3.28. The number of aromatic nitrogens is 2. The molecule has 19 heavy (non-hydrogen) atoms. The van der Waals surface area contributed by atoms with Crippen LogP contribution >= 0.6 is 0 Å². The Morgan fingerprint density at radius 2 is 2.16 bits per heavy atom. The maximum Gasteiger partial charge on any atom is 0.335 e. The van der Waals surface area contributed by atoms with Crippen molar-refractivity contribution in [3.05, 3.63) is 29.6 Å². The highest BCUT2D eigenvalue weighted by Gasteiger charge is 2.15. The molecule has 1 heterocycles. The fraction of sp³-hybridized carbons (Fsp3) is 0.467. The first kappa shape index (κ1) is 13.6. The number of fused-ring (bicyclic) bond motifs is 1. The van der Waals surface area contributed by atoms with E-state index in [0.717, 1.165) is 36.2 Å². The van der Waals surface area contributed by atoms with Gasteiger partial charge in [0.25, 0.3) is 0 Å². The number of imidazole rings is 1. The average Bonchev–Trinajstić information content (AvgIpc) is 2.74. The normalized spacial score (nSPS) is 11.4. The van der Waals surface area contributed by atoms with Gasteiger partial charge >= 0.3 is 5.97 Å². The minimum Gasteiger partial charge on any atom is -0.478 e. The summed E-state index contributed by atoms with van der Waals surface area (Å²) in [6, 6.07) is 5.14. The molecule has 0 radical (unpaired) electrons. The SMILES string of the molecule is CCCCn1c(C(C)C)nc2ccc(C(=O)O)cc21. The summed E-state index contributed by atoms with van der Waals surface area (Å²) < 4.78 is 2.16. The zero-order valence-corrected chi connectivity index (χ0v) is 11.7. The third-order valence-corrected chi connectivity index (χ3v) is 3.28. The molecule has 0 amide bonds. The molecule has 0 fully saturated rings. The van der Waals surface area contributed by atoms with Crippen LogP contribution in [0.15, 0.2) is 18.2 Å². The Morgan fingerprint density at radius 1 is 1.42 bits per heavy atom. The number of hydrogen-bond donors (Lipinski definition) is 1. The molecule has 0 aliphatic heterocycles. The van der Waals surface area contributed by atoms with Gasteiger partial charge in [-0.1, -0.05) is 27.2 Å². The number of carboxylic acid groups (broad SMARTS) is 1. The van der Waals surface area contributed by atoms with Crippen LogP contribution in [-0.2, 0) is 6.54 Å². The molecular weight excluding hydrogens is 240 g/mol. The van der Waals surface area contributed by atoms with Crippen LogP contribution in [0.4, 0.5) is 0 Å². The molecular formula is C15H20N2O2. The highest BCUT2D eigenvalue weighted by Crippen LogP contribution is 2.23. The standard InChI is InChI=1S/C15H20N2O2/c1-4-5-8-17-13-9-11(15(18)19)6-7-12(13)16-14(17)10(2)3/h6-7,9-10H,4-5,8H2,1-3H3,(H,18,19). The van der Waals surface area contributed by atoms with Crippen molar-refractivity contribution in [3.63, 3.8) is 0 Å². The van der Waals surface area contributed by atoms with Crippen molar-refractivity contribution in [2.24, 2.45) is 0 Å². The highest BCUT2D eigenvalue weighted by molar-refractivity contribution is 5.92. The zero-order valence-electron chi connectivity index (χ0n) is 11.7. The monoisotopic (exact) mass is 260 g/mol. The van der Waals surface area contributed by atoms with E-state index in [1.807, 2.05) is 0 Å². The van der Waals surface area contributed by atoms with Gasteiger partial charge in [-0.15, -0.1) is 0 Å². The Bertz CT molecular complexity index is 599. The largest absolute Gasteiger partial charge is 0.478 e. The fourth-order valence-corrected chi connectivity index (χ4v) is 2.27. The predicted molar refractivity (Wildman–Crippen MR) is 75.7 cm³/mol. The average molecular weight is 260 g/mol. The number of rotatable bonds is 5. The molecule has 0 aliphatic carbocycles. The van der Waals surface area contributed by atoms with Gasteiger partial charge in [0.15, 0.2) is 0 Å². The second kappa shape index (κ2) is 5.43. The van der Waals surface area contributed by atoms with Crippen LogP contribution in [0.5, 0.6) is 0 Å². The maximum atomic E-state index is 11.1. The van der Waals surface area contributed by atoms with Crippen molar-refractivity contribution in [1.82, 2.24) is 9.55 Å². The first-order chi connectivity index (χ1) is 9.04. The number of benzene rings is 1. The van der Waals surface area contributed by atoms with Crippen molar-refractivity contribution in [3.8, 4) is 0 Å². The van der Waals surface area contributed by atoms with Gasteiger partial charge in [-0.2, -0.15) is 0 Å². The molecule has 0 atom stereocenters. The number of carboxylic acids is 1. The summed E-state index contributed by atoms with van der Waals surface area (Å²) in [4.78, 5) is 15.7. The van der Waals surface area contributed by atoms with Crippen LogP contribution in [0.3, 0.4) is 0 Å². The van der Waals surface area contributed by atoms with Crippen LogP contribution in [-0.4, -0.2) is 20.6 Å². The van der Waals surface area contributed by atoms with E-state index < -0.39 is 5.97 Å². The minimum atomic E-state index is -0.892. The molecule has 1 aromatic heterocycles. The number of aromatic carboxylic acids is 1. The van der Waals surface area contributed by atoms with Crippen molar-refractivity contribution in [2.75, 3.05) is 0 Å². The first-order valence-corrected chi connectivity index (χ1v) is 6.78. The lowest BCUT2D eigenvalue weighted by atomic mass is 10.2. The molecule has 0 spiro atoms. The summed E-state index contributed by atoms with van der Waals surface area (Å²) in [5.41, 5.74) is 2.13. The van der Waals surface area contributed by atoms with Crippen LogP contribution in [0, 0.1) is 0 Å². The van der Waals surface area contributed by atoms with Gasteiger partial charge in [0.05, 0.1) is 16.6 Å². The molecule has 2 aromatic rings. The van der Waals surface area contributed by atoms with E-state index in [1.54, 1.807) is 18.2 Å². The van der Waals surface area contributed by atoms with Gasteiger partial charge < -0.3 is 9.67 Å². The van der Waals surface area contributed by atoms with Crippen molar-refractivity contribution in [1.29, 1.82) is 0 Å². The topological polar surface area (TPSA) is 55.1 Å². The van der Waals surface area contributed by atoms with E-state index in [0.29, 0.717) is 11.5 Å². The molecule has 0 saturated heterocycles. The Kier molecular flexibility index (Phi) is 3.88. The zero-order chi connectivity index (χ0) is 14.0. The summed E-state index contributed by atoms with van der Waals surface area (Å²) in [6.45, 7) is 7.27. The summed E-state index contributed by atoms with van der Waals surface area (Å²) >= 11 is 0. The lowest BCUT2D eigenvalue weighted by Gasteiger charge is -2.10. The summed E-state index contributed by atoms with van der Waals surface area (Å²) in [5, 5.41) is 9.10. The lowest BCUT2D eigenvalue weighted by Crippen LogP contribution is -2.06. The molecule has 1 aromatic carbocycles. The van der Waals surface area contributed by atoms with Crippen LogP contribution in [0.25, 0.3) is 11.0 Å². The molecule has 1 N–H and O–H groups in total. The molecule has 4 nitrogen and oxygen atoms in total. The molecule has 2 rings (SSSR count). The lowest BCUT2D eigenvalue weighted by molar-refractivity contribution is 0.0697. The van der Waals surface area contributed by atoms with Gasteiger partial charge in [-0.3, -0.25) is 0 Å². The fourth-order valence-electron chi connectivity index (χ4n) is 2.27. The van der Waals surface area contributed by atoms with Gasteiger partial charge in [-0.05, 0) is 24.6 Å². The van der Waals surface area contributed by atoms with E-state index in [-0.39, 0.29) is 0 Å². The summed E-state index contributed by atoms with van der Waals surface area (Å²) in [7, 11) is 0. The maximum absolute atomic E-state index is 11.1. The summed E-state index contributed by atoms with van der Waals surface area (Å²) in [5.74, 6) is 0.472. The quantitative estimate of drug-likeness (QED) is 0.892. The van der Waals surface area contributed by atoms with Crippen molar-refractivity contribution < 1.29 is 9.90 Å². The molecule has 0 unspecified atom stereocenters. The van der Waals surface area contributed by atoms with E-state index in [2.05, 4.69) is 30.3 Å². The minimum absolute atomic E-state index is 0.320. The van der Waals surface area contributed by atoms with Gasteiger partial charge in [0.2, 0.25) is 0 Å². The number of unbranched alkanes of at least 4 members (excludes halogenated alkanes) is 1. The number of hydrogen-bond acceptors (Lipinski definition) is 2. The van der Waals surface area contributed by atoms with Crippen LogP contribution < -0.4 is 0 Å². The highest BCUT2D eigenvalue weighted by atomic mass is 16.4. The third kappa shape index (κ3) is 2.62. The molecule has 102 valence electrons. The van der Waals surface area contributed by atoms with Crippen molar-refractivity contribution in [2.45, 2.75) is 46.1 Å². The number of nitrogens with zero attached hydrogens (tertiary/aromatic N) is 2. The van der Waals surface area contributed by atoms with E-state index in [4.69, 9.17) is 5.11 Å². The smallest absolute Gasteiger partial charge is 0.335 e. The van der Waals surface area contributed by atoms with Gasteiger partial charge in [0.1, 0.15) is 5.82 Å². The molecule has 0 bridgehead atoms. The second-order valence-electron chi connectivity index (χ2n) is 5.14. The van der Waals surface area contributed by atoms with Gasteiger partial charge in [0, 0.05) is 12.5 Å². The Hall–Kier alpha value is -1.84. The molecule has 4 heteroatoms. The predicted octanol–water partition coefficient (Wildman–Crippen LogP) is 3.66. The van der Waals surface area contributed by atoms with Crippen LogP contribution in [0.1, 0.15) is 55.7 Å². The van der Waals surface area contributed by atoms with Crippen molar-refractivity contribution >= 4 is 17.0 Å². The molecule has 0 saturated carbocycles. The van der Waals surface area contributed by atoms with E-state index >= 15 is 0 Å². The van der Waals surface area contributed by atoms with Crippen LogP contribution in [0.2, 0.25) is 0 Å².